The number of carbonyl (C=O) groups is 1. The molecule has 2 heterocycles. The van der Waals surface area contributed by atoms with E-state index in [-0.39, 0.29) is 11.3 Å². The average Bonchev–Trinajstić information content (AvgIpc) is 2.97. The molecular weight excluding hydrogens is 220 g/mol. The van der Waals surface area contributed by atoms with Crippen LogP contribution in [0.25, 0.3) is 0 Å². The van der Waals surface area contributed by atoms with Gasteiger partial charge in [-0.25, -0.2) is 0 Å². The second-order valence-electron chi connectivity index (χ2n) is 5.00. The van der Waals surface area contributed by atoms with Crippen molar-refractivity contribution in [3.63, 3.8) is 0 Å². The van der Waals surface area contributed by atoms with Gasteiger partial charge < -0.3 is 10.6 Å². The molecule has 2 atom stereocenters. The molecule has 2 rings (SSSR count). The fraction of sp³-hybridized carbons (Fsp3) is 0.917. The Bertz CT molecular complexity index is 245. The van der Waals surface area contributed by atoms with Crippen LogP contribution in [0.3, 0.4) is 0 Å². The molecular formula is C12H22N2OS. The first-order valence-corrected chi connectivity index (χ1v) is 7.49. The minimum atomic E-state index is -0.119. The van der Waals surface area contributed by atoms with E-state index in [0.29, 0.717) is 5.92 Å². The summed E-state index contributed by atoms with van der Waals surface area (Å²) in [5, 5.41) is 6.47. The monoisotopic (exact) mass is 242 g/mol. The van der Waals surface area contributed by atoms with Crippen LogP contribution in [0.15, 0.2) is 0 Å². The summed E-state index contributed by atoms with van der Waals surface area (Å²) in [5.74, 6) is 3.47. The maximum Gasteiger partial charge on any atom is 0.227 e. The summed E-state index contributed by atoms with van der Waals surface area (Å²) in [6, 6.07) is 0. The van der Waals surface area contributed by atoms with Crippen molar-refractivity contribution < 1.29 is 4.79 Å². The van der Waals surface area contributed by atoms with Crippen molar-refractivity contribution in [2.75, 3.05) is 31.1 Å². The first-order chi connectivity index (χ1) is 7.77. The van der Waals surface area contributed by atoms with Crippen molar-refractivity contribution in [2.45, 2.75) is 26.2 Å². The van der Waals surface area contributed by atoms with Crippen molar-refractivity contribution in [1.82, 2.24) is 10.6 Å². The molecule has 2 N–H and O–H groups in total. The van der Waals surface area contributed by atoms with Gasteiger partial charge in [-0.1, -0.05) is 6.92 Å². The molecule has 1 amide bonds. The first-order valence-electron chi connectivity index (χ1n) is 6.33. The second kappa shape index (κ2) is 5.41. The molecule has 0 bridgehead atoms. The number of hydrogen-bond donors (Lipinski definition) is 2. The minimum Gasteiger partial charge on any atom is -0.355 e. The Balaban J connectivity index is 1.81. The maximum absolute atomic E-state index is 12.2. The van der Waals surface area contributed by atoms with Gasteiger partial charge in [-0.05, 0) is 43.2 Å². The maximum atomic E-state index is 12.2. The standard InChI is InChI=1S/C12H22N2OS/c1-2-12(4-5-13-9-12)11(15)14-7-10-3-6-16-8-10/h10,13H,2-9H2,1H3,(H,14,15). The molecule has 0 saturated carbocycles. The van der Waals surface area contributed by atoms with E-state index in [1.165, 1.54) is 17.9 Å². The zero-order chi connectivity index (χ0) is 11.4. The summed E-state index contributed by atoms with van der Waals surface area (Å²) in [4.78, 5) is 12.2. The highest BCUT2D eigenvalue weighted by Crippen LogP contribution is 2.30. The second-order valence-corrected chi connectivity index (χ2v) is 6.15. The SMILES string of the molecule is CCC1(C(=O)NCC2CCSC2)CCNC1. The first kappa shape index (κ1) is 12.2. The lowest BCUT2D eigenvalue weighted by atomic mass is 9.83. The van der Waals surface area contributed by atoms with Gasteiger partial charge in [0.1, 0.15) is 0 Å². The van der Waals surface area contributed by atoms with Crippen LogP contribution in [0.1, 0.15) is 26.2 Å². The molecule has 92 valence electrons. The smallest absolute Gasteiger partial charge is 0.227 e. The van der Waals surface area contributed by atoms with E-state index in [9.17, 15) is 4.79 Å². The lowest BCUT2D eigenvalue weighted by Gasteiger charge is -2.26. The average molecular weight is 242 g/mol. The number of hydrogen-bond acceptors (Lipinski definition) is 3. The van der Waals surface area contributed by atoms with Crippen molar-refractivity contribution in [1.29, 1.82) is 0 Å². The molecule has 0 aromatic rings. The molecule has 4 heteroatoms. The van der Waals surface area contributed by atoms with Crippen LogP contribution in [-0.2, 0) is 4.79 Å². The van der Waals surface area contributed by atoms with Crippen LogP contribution >= 0.6 is 11.8 Å². The number of nitrogens with one attached hydrogen (secondary N) is 2. The van der Waals surface area contributed by atoms with Gasteiger partial charge in [-0.15, -0.1) is 0 Å². The third-order valence-electron chi connectivity index (χ3n) is 3.98. The van der Waals surface area contributed by atoms with Gasteiger partial charge in [0, 0.05) is 13.1 Å². The normalized spacial score (nSPS) is 34.2. The predicted octanol–water partition coefficient (Wildman–Crippen LogP) is 1.25. The summed E-state index contributed by atoms with van der Waals surface area (Å²) >= 11 is 2.01. The summed E-state index contributed by atoms with van der Waals surface area (Å²) in [6.07, 6.45) is 3.21. The molecule has 3 nitrogen and oxygen atoms in total. The van der Waals surface area contributed by atoms with Gasteiger partial charge >= 0.3 is 0 Å². The van der Waals surface area contributed by atoms with Crippen molar-refractivity contribution in [3.8, 4) is 0 Å². The molecule has 2 unspecified atom stereocenters. The lowest BCUT2D eigenvalue weighted by Crippen LogP contribution is -2.43. The van der Waals surface area contributed by atoms with Gasteiger partial charge in [0.25, 0.3) is 0 Å². The van der Waals surface area contributed by atoms with Gasteiger partial charge in [0.15, 0.2) is 0 Å². The van der Waals surface area contributed by atoms with E-state index in [2.05, 4.69) is 17.6 Å². The third-order valence-corrected chi connectivity index (χ3v) is 5.21. The highest BCUT2D eigenvalue weighted by molar-refractivity contribution is 7.99. The van der Waals surface area contributed by atoms with E-state index in [4.69, 9.17) is 0 Å². The Hall–Kier alpha value is -0.220. The number of rotatable bonds is 4. The third kappa shape index (κ3) is 2.54. The Morgan fingerprint density at radius 1 is 1.62 bits per heavy atom. The van der Waals surface area contributed by atoms with E-state index >= 15 is 0 Å². The van der Waals surface area contributed by atoms with Crippen molar-refractivity contribution in [3.05, 3.63) is 0 Å². The fourth-order valence-electron chi connectivity index (χ4n) is 2.57. The molecule has 0 spiro atoms. The molecule has 0 aromatic carbocycles. The van der Waals surface area contributed by atoms with Gasteiger partial charge in [0.05, 0.1) is 5.41 Å². The van der Waals surface area contributed by atoms with E-state index < -0.39 is 0 Å². The zero-order valence-electron chi connectivity index (χ0n) is 10.1. The minimum absolute atomic E-state index is 0.119. The lowest BCUT2D eigenvalue weighted by molar-refractivity contribution is -0.130. The highest BCUT2D eigenvalue weighted by atomic mass is 32.2. The largest absolute Gasteiger partial charge is 0.355 e. The van der Waals surface area contributed by atoms with Crippen LogP contribution in [0.4, 0.5) is 0 Å². The van der Waals surface area contributed by atoms with Crippen molar-refractivity contribution >= 4 is 17.7 Å². The van der Waals surface area contributed by atoms with Gasteiger partial charge in [-0.3, -0.25) is 4.79 Å². The molecule has 0 radical (unpaired) electrons. The summed E-state index contributed by atoms with van der Waals surface area (Å²) in [6.45, 7) is 4.85. The van der Waals surface area contributed by atoms with Crippen LogP contribution < -0.4 is 10.6 Å². The van der Waals surface area contributed by atoms with Crippen LogP contribution in [0.5, 0.6) is 0 Å². The molecule has 2 aliphatic rings. The Morgan fingerprint density at radius 3 is 3.06 bits per heavy atom. The van der Waals surface area contributed by atoms with E-state index in [1.807, 2.05) is 11.8 Å². The number of thioether (sulfide) groups is 1. The summed E-state index contributed by atoms with van der Waals surface area (Å²) < 4.78 is 0. The number of amides is 1. The molecule has 16 heavy (non-hydrogen) atoms. The highest BCUT2D eigenvalue weighted by Gasteiger charge is 2.39. The molecule has 2 fully saturated rings. The van der Waals surface area contributed by atoms with Gasteiger partial charge in [0.2, 0.25) is 5.91 Å². The van der Waals surface area contributed by atoms with E-state index in [0.717, 1.165) is 32.5 Å². The van der Waals surface area contributed by atoms with Crippen LogP contribution in [0.2, 0.25) is 0 Å². The zero-order valence-corrected chi connectivity index (χ0v) is 10.9. The van der Waals surface area contributed by atoms with Gasteiger partial charge in [-0.2, -0.15) is 11.8 Å². The molecule has 2 aliphatic heterocycles. The van der Waals surface area contributed by atoms with Crippen molar-refractivity contribution in [2.24, 2.45) is 11.3 Å². The quantitative estimate of drug-likeness (QED) is 0.779. The summed E-state index contributed by atoms with van der Waals surface area (Å²) in [5.41, 5.74) is -0.119. The Labute approximate surface area is 102 Å². The molecule has 0 aromatic heterocycles. The molecule has 0 aliphatic carbocycles. The van der Waals surface area contributed by atoms with Crippen LogP contribution in [0, 0.1) is 11.3 Å². The topological polar surface area (TPSA) is 41.1 Å². The predicted molar refractivity (Wildman–Crippen MR) is 68.7 cm³/mol. The fourth-order valence-corrected chi connectivity index (χ4v) is 3.85. The molecule has 2 saturated heterocycles. The number of carbonyl (C=O) groups excluding carboxylic acids is 1. The summed E-state index contributed by atoms with van der Waals surface area (Å²) in [7, 11) is 0. The van der Waals surface area contributed by atoms with Crippen LogP contribution in [-0.4, -0.2) is 37.0 Å². The Morgan fingerprint density at radius 2 is 2.50 bits per heavy atom. The Kier molecular flexibility index (Phi) is 4.14. The van der Waals surface area contributed by atoms with E-state index in [1.54, 1.807) is 0 Å².